The molecule has 3 nitrogen and oxygen atoms in total. The lowest BCUT2D eigenvalue weighted by atomic mass is 10.0. The van der Waals surface area contributed by atoms with Gasteiger partial charge in [0, 0.05) is 6.54 Å². The maximum Gasteiger partial charge on any atom is 0.124 e. The summed E-state index contributed by atoms with van der Waals surface area (Å²) < 4.78 is 2.40. The highest BCUT2D eigenvalue weighted by Gasteiger charge is 2.17. The van der Waals surface area contributed by atoms with Crippen molar-refractivity contribution in [2.24, 2.45) is 0 Å². The zero-order valence-electron chi connectivity index (χ0n) is 16.1. The maximum atomic E-state index is 4.94. The Morgan fingerprint density at radius 3 is 2.22 bits per heavy atom. The number of aromatic nitrogens is 2. The minimum absolute atomic E-state index is 0. The second-order valence-electron chi connectivity index (χ2n) is 7.48. The van der Waals surface area contributed by atoms with Crippen LogP contribution >= 0.6 is 24.8 Å². The average Bonchev–Trinajstić information content (AvgIpc) is 3.24. The van der Waals surface area contributed by atoms with Gasteiger partial charge in [0.2, 0.25) is 0 Å². The predicted molar refractivity (Wildman–Crippen MR) is 118 cm³/mol. The number of imidazole rings is 1. The third-order valence-corrected chi connectivity index (χ3v) is 5.28. The molecule has 1 fully saturated rings. The van der Waals surface area contributed by atoms with E-state index in [2.05, 4.69) is 71.8 Å². The van der Waals surface area contributed by atoms with Crippen LogP contribution in [0.5, 0.6) is 0 Å². The molecule has 0 aliphatic carbocycles. The third-order valence-electron chi connectivity index (χ3n) is 5.28. The van der Waals surface area contributed by atoms with Gasteiger partial charge in [-0.15, -0.1) is 24.8 Å². The molecule has 0 spiro atoms. The Bertz CT molecular complexity index is 850. The number of likely N-dealkylation sites (tertiary alicyclic amines) is 1. The Balaban J connectivity index is 0.00000131. The molecule has 1 saturated heterocycles. The van der Waals surface area contributed by atoms with Gasteiger partial charge in [0.25, 0.3) is 0 Å². The number of hydrogen-bond donors (Lipinski definition) is 0. The standard InChI is InChI=1S/C22H27N3.2ClH/c1-17(2)19-11-9-18(10-12-19)15-25-21-8-4-3-7-20(21)23-22(25)16-24-13-5-6-14-24;;/h3-4,7-12,17H,5-6,13-16H2,1-2H3;2*1H. The first-order valence-corrected chi connectivity index (χ1v) is 9.46. The van der Waals surface area contributed by atoms with E-state index in [-0.39, 0.29) is 24.8 Å². The van der Waals surface area contributed by atoms with Gasteiger partial charge < -0.3 is 4.57 Å². The molecule has 0 radical (unpaired) electrons. The van der Waals surface area contributed by atoms with Crippen molar-refractivity contribution >= 4 is 35.8 Å². The van der Waals surface area contributed by atoms with E-state index in [0.717, 1.165) is 18.6 Å². The third kappa shape index (κ3) is 4.84. The predicted octanol–water partition coefficient (Wildman–Crippen LogP) is 5.65. The number of rotatable bonds is 5. The molecule has 27 heavy (non-hydrogen) atoms. The Labute approximate surface area is 174 Å². The van der Waals surface area contributed by atoms with Gasteiger partial charge in [0.05, 0.1) is 17.6 Å². The summed E-state index contributed by atoms with van der Waals surface area (Å²) in [6.45, 7) is 8.73. The molecule has 2 aromatic carbocycles. The molecule has 0 N–H and O–H groups in total. The highest BCUT2D eigenvalue weighted by molar-refractivity contribution is 5.85. The normalized spacial score (nSPS) is 14.3. The molecule has 1 aliphatic heterocycles. The summed E-state index contributed by atoms with van der Waals surface area (Å²) in [6, 6.07) is 17.6. The summed E-state index contributed by atoms with van der Waals surface area (Å²) in [6.07, 6.45) is 2.63. The van der Waals surface area contributed by atoms with Crippen LogP contribution in [0.2, 0.25) is 0 Å². The maximum absolute atomic E-state index is 4.94. The Morgan fingerprint density at radius 2 is 1.56 bits per heavy atom. The Hall–Kier alpha value is -1.55. The minimum Gasteiger partial charge on any atom is -0.322 e. The lowest BCUT2D eigenvalue weighted by Crippen LogP contribution is -2.21. The molecule has 146 valence electrons. The first kappa shape index (κ1) is 21.7. The molecule has 4 rings (SSSR count). The number of hydrogen-bond acceptors (Lipinski definition) is 2. The second kappa shape index (κ2) is 9.59. The zero-order chi connectivity index (χ0) is 17.2. The lowest BCUT2D eigenvalue weighted by molar-refractivity contribution is 0.318. The van der Waals surface area contributed by atoms with Crippen molar-refractivity contribution in [2.45, 2.75) is 45.7 Å². The van der Waals surface area contributed by atoms with E-state index in [1.54, 1.807) is 0 Å². The fraction of sp³-hybridized carbons (Fsp3) is 0.409. The van der Waals surface area contributed by atoms with E-state index in [9.17, 15) is 0 Å². The van der Waals surface area contributed by atoms with Gasteiger partial charge in [0.15, 0.2) is 0 Å². The van der Waals surface area contributed by atoms with E-state index in [1.165, 1.54) is 48.4 Å². The smallest absolute Gasteiger partial charge is 0.124 e. The summed E-state index contributed by atoms with van der Waals surface area (Å²) in [5, 5.41) is 0. The van der Waals surface area contributed by atoms with Crippen LogP contribution in [0.1, 0.15) is 49.6 Å². The van der Waals surface area contributed by atoms with Gasteiger partial charge in [-0.05, 0) is 55.1 Å². The molecular formula is C22H29Cl2N3. The SMILES string of the molecule is CC(C)c1ccc(Cn2c(CN3CCCC3)nc3ccccc32)cc1.Cl.Cl. The van der Waals surface area contributed by atoms with Crippen molar-refractivity contribution in [1.29, 1.82) is 0 Å². The number of benzene rings is 2. The van der Waals surface area contributed by atoms with Crippen LogP contribution in [0.25, 0.3) is 11.0 Å². The fourth-order valence-corrected chi connectivity index (χ4v) is 3.75. The van der Waals surface area contributed by atoms with Crippen molar-refractivity contribution in [2.75, 3.05) is 13.1 Å². The molecule has 0 unspecified atom stereocenters. The van der Waals surface area contributed by atoms with E-state index in [1.807, 2.05) is 0 Å². The number of fused-ring (bicyclic) bond motifs is 1. The molecule has 1 aromatic heterocycles. The van der Waals surface area contributed by atoms with Crippen molar-refractivity contribution in [3.8, 4) is 0 Å². The molecular weight excluding hydrogens is 377 g/mol. The number of halogens is 2. The summed E-state index contributed by atoms with van der Waals surface area (Å²) in [5.41, 5.74) is 5.09. The molecule has 5 heteroatoms. The van der Waals surface area contributed by atoms with Gasteiger partial charge in [0.1, 0.15) is 5.82 Å². The minimum atomic E-state index is 0. The van der Waals surface area contributed by atoms with Crippen LogP contribution in [-0.4, -0.2) is 27.5 Å². The number of nitrogens with zero attached hydrogens (tertiary/aromatic N) is 3. The van der Waals surface area contributed by atoms with E-state index in [4.69, 9.17) is 4.98 Å². The van der Waals surface area contributed by atoms with Crippen LogP contribution in [0.4, 0.5) is 0 Å². The van der Waals surface area contributed by atoms with Crippen LogP contribution < -0.4 is 0 Å². The highest BCUT2D eigenvalue weighted by Crippen LogP contribution is 2.22. The zero-order valence-corrected chi connectivity index (χ0v) is 17.7. The van der Waals surface area contributed by atoms with E-state index >= 15 is 0 Å². The first-order valence-electron chi connectivity index (χ1n) is 9.46. The first-order chi connectivity index (χ1) is 12.2. The Kier molecular flexibility index (Phi) is 7.72. The van der Waals surface area contributed by atoms with Gasteiger partial charge in [-0.25, -0.2) is 4.98 Å². The molecule has 0 atom stereocenters. The summed E-state index contributed by atoms with van der Waals surface area (Å²) in [5.74, 6) is 1.77. The second-order valence-corrected chi connectivity index (χ2v) is 7.48. The summed E-state index contributed by atoms with van der Waals surface area (Å²) in [7, 11) is 0. The van der Waals surface area contributed by atoms with Crippen LogP contribution in [0, 0.1) is 0 Å². The van der Waals surface area contributed by atoms with Crippen LogP contribution in [0.15, 0.2) is 48.5 Å². The van der Waals surface area contributed by atoms with Gasteiger partial charge in [-0.3, -0.25) is 4.90 Å². The largest absolute Gasteiger partial charge is 0.322 e. The topological polar surface area (TPSA) is 21.1 Å². The lowest BCUT2D eigenvalue weighted by Gasteiger charge is -2.16. The quantitative estimate of drug-likeness (QED) is 0.546. The monoisotopic (exact) mass is 405 g/mol. The van der Waals surface area contributed by atoms with Gasteiger partial charge in [-0.1, -0.05) is 50.2 Å². The highest BCUT2D eigenvalue weighted by atomic mass is 35.5. The van der Waals surface area contributed by atoms with Gasteiger partial charge in [-0.2, -0.15) is 0 Å². The van der Waals surface area contributed by atoms with Crippen LogP contribution in [0.3, 0.4) is 0 Å². The van der Waals surface area contributed by atoms with Crippen molar-refractivity contribution in [1.82, 2.24) is 14.5 Å². The van der Waals surface area contributed by atoms with Crippen LogP contribution in [-0.2, 0) is 13.1 Å². The molecule has 3 aromatic rings. The fourth-order valence-electron chi connectivity index (χ4n) is 3.75. The molecule has 1 aliphatic rings. The number of para-hydroxylation sites is 2. The summed E-state index contributed by atoms with van der Waals surface area (Å²) >= 11 is 0. The van der Waals surface area contributed by atoms with Crippen molar-refractivity contribution < 1.29 is 0 Å². The Morgan fingerprint density at radius 1 is 0.889 bits per heavy atom. The van der Waals surface area contributed by atoms with E-state index in [0.29, 0.717) is 5.92 Å². The van der Waals surface area contributed by atoms with E-state index < -0.39 is 0 Å². The molecule has 0 saturated carbocycles. The average molecular weight is 406 g/mol. The van der Waals surface area contributed by atoms with Gasteiger partial charge >= 0.3 is 0 Å². The molecule has 0 bridgehead atoms. The summed E-state index contributed by atoms with van der Waals surface area (Å²) in [4.78, 5) is 7.47. The molecule has 2 heterocycles. The van der Waals surface area contributed by atoms with Crippen molar-refractivity contribution in [3.05, 3.63) is 65.5 Å². The van der Waals surface area contributed by atoms with Crippen molar-refractivity contribution in [3.63, 3.8) is 0 Å². The molecule has 0 amide bonds.